The summed E-state index contributed by atoms with van der Waals surface area (Å²) >= 11 is 0. The van der Waals surface area contributed by atoms with E-state index in [1.54, 1.807) is 28.6 Å². The number of sulfonamides is 1. The molecular formula is C18H22N2O2S. The lowest BCUT2D eigenvalue weighted by atomic mass is 9.91. The number of piperidine rings is 1. The van der Waals surface area contributed by atoms with E-state index in [9.17, 15) is 8.42 Å². The Morgan fingerprint density at radius 1 is 0.957 bits per heavy atom. The molecule has 1 saturated heterocycles. The molecule has 2 aromatic carbocycles. The summed E-state index contributed by atoms with van der Waals surface area (Å²) in [7, 11) is -3.35. The second-order valence-electron chi connectivity index (χ2n) is 6.11. The number of rotatable bonds is 4. The van der Waals surface area contributed by atoms with E-state index >= 15 is 0 Å². The van der Waals surface area contributed by atoms with Gasteiger partial charge in [-0.25, -0.2) is 8.42 Å². The van der Waals surface area contributed by atoms with Gasteiger partial charge in [0.15, 0.2) is 0 Å². The summed E-state index contributed by atoms with van der Waals surface area (Å²) in [4.78, 5) is 0.386. The third-order valence-corrected chi connectivity index (χ3v) is 6.37. The van der Waals surface area contributed by atoms with E-state index in [-0.39, 0.29) is 0 Å². The highest BCUT2D eigenvalue weighted by atomic mass is 32.2. The predicted molar refractivity (Wildman–Crippen MR) is 92.5 cm³/mol. The molecule has 3 rings (SSSR count). The summed E-state index contributed by atoms with van der Waals surface area (Å²) in [6, 6.07) is 16.6. The first-order valence-electron chi connectivity index (χ1n) is 7.95. The van der Waals surface area contributed by atoms with Crippen molar-refractivity contribution >= 4 is 15.7 Å². The number of nitrogens with two attached hydrogens (primary N) is 1. The number of nitrogens with zero attached hydrogens (tertiary/aromatic N) is 1. The van der Waals surface area contributed by atoms with E-state index < -0.39 is 10.0 Å². The highest BCUT2D eigenvalue weighted by Crippen LogP contribution is 2.26. The van der Waals surface area contributed by atoms with E-state index in [0.29, 0.717) is 23.9 Å². The normalized spacial score (nSPS) is 17.2. The minimum absolute atomic E-state index is 0.386. The lowest BCUT2D eigenvalue weighted by Gasteiger charge is -2.31. The second kappa shape index (κ2) is 6.72. The monoisotopic (exact) mass is 330 g/mol. The fraction of sp³-hybridized carbons (Fsp3) is 0.333. The molecule has 1 fully saturated rings. The van der Waals surface area contributed by atoms with Crippen LogP contribution in [0.5, 0.6) is 0 Å². The Kier molecular flexibility index (Phi) is 4.68. The van der Waals surface area contributed by atoms with Gasteiger partial charge in [0.2, 0.25) is 10.0 Å². The lowest BCUT2D eigenvalue weighted by molar-refractivity contribution is 0.273. The van der Waals surface area contributed by atoms with Gasteiger partial charge in [-0.15, -0.1) is 0 Å². The molecule has 2 N–H and O–H groups in total. The first-order chi connectivity index (χ1) is 11.1. The van der Waals surface area contributed by atoms with Crippen molar-refractivity contribution < 1.29 is 8.42 Å². The average Bonchev–Trinajstić information content (AvgIpc) is 2.58. The molecular weight excluding hydrogens is 308 g/mol. The maximum atomic E-state index is 12.6. The van der Waals surface area contributed by atoms with Crippen molar-refractivity contribution in [3.63, 3.8) is 0 Å². The van der Waals surface area contributed by atoms with Gasteiger partial charge < -0.3 is 5.73 Å². The molecule has 122 valence electrons. The second-order valence-corrected chi connectivity index (χ2v) is 8.04. The fourth-order valence-electron chi connectivity index (χ4n) is 3.08. The van der Waals surface area contributed by atoms with Gasteiger partial charge in [-0.05, 0) is 55.0 Å². The van der Waals surface area contributed by atoms with Gasteiger partial charge in [0, 0.05) is 18.8 Å². The molecule has 0 aliphatic carbocycles. The highest BCUT2D eigenvalue weighted by Gasteiger charge is 2.29. The molecule has 0 saturated carbocycles. The smallest absolute Gasteiger partial charge is 0.243 e. The number of nitrogen functional groups attached to an aromatic ring is 1. The maximum absolute atomic E-state index is 12.6. The van der Waals surface area contributed by atoms with Crippen LogP contribution >= 0.6 is 0 Å². The molecule has 0 radical (unpaired) electrons. The molecule has 4 nitrogen and oxygen atoms in total. The SMILES string of the molecule is Nc1ccc(CC2CCN(S(=O)(=O)c3ccccc3)CC2)cc1. The van der Waals surface area contributed by atoms with Crippen molar-refractivity contribution in [2.75, 3.05) is 18.8 Å². The van der Waals surface area contributed by atoms with Gasteiger partial charge in [-0.1, -0.05) is 30.3 Å². The van der Waals surface area contributed by atoms with Gasteiger partial charge in [0.1, 0.15) is 0 Å². The van der Waals surface area contributed by atoms with Crippen molar-refractivity contribution in [2.45, 2.75) is 24.2 Å². The van der Waals surface area contributed by atoms with Crippen molar-refractivity contribution in [1.82, 2.24) is 4.31 Å². The molecule has 1 aliphatic rings. The van der Waals surface area contributed by atoms with E-state index in [0.717, 1.165) is 24.9 Å². The topological polar surface area (TPSA) is 63.4 Å². The minimum atomic E-state index is -3.35. The predicted octanol–water partition coefficient (Wildman–Crippen LogP) is 2.91. The quantitative estimate of drug-likeness (QED) is 0.877. The van der Waals surface area contributed by atoms with E-state index in [4.69, 9.17) is 5.73 Å². The van der Waals surface area contributed by atoms with Crippen LogP contribution in [0, 0.1) is 5.92 Å². The summed E-state index contributed by atoms with van der Waals surface area (Å²) in [5.41, 5.74) is 7.75. The van der Waals surface area contributed by atoms with Crippen LogP contribution in [0.4, 0.5) is 5.69 Å². The Labute approximate surface area is 138 Å². The summed E-state index contributed by atoms with van der Waals surface area (Å²) in [6.45, 7) is 1.19. The van der Waals surface area contributed by atoms with Gasteiger partial charge >= 0.3 is 0 Å². The fourth-order valence-corrected chi connectivity index (χ4v) is 4.57. The first-order valence-corrected chi connectivity index (χ1v) is 9.39. The van der Waals surface area contributed by atoms with Crippen molar-refractivity contribution in [1.29, 1.82) is 0 Å². The standard InChI is InChI=1S/C18H22N2O2S/c19-17-8-6-15(7-9-17)14-16-10-12-20(13-11-16)23(21,22)18-4-2-1-3-5-18/h1-9,16H,10-14,19H2. The summed E-state index contributed by atoms with van der Waals surface area (Å²) in [5, 5.41) is 0. The van der Waals surface area contributed by atoms with Crippen molar-refractivity contribution in [3.8, 4) is 0 Å². The lowest BCUT2D eigenvalue weighted by Crippen LogP contribution is -2.38. The molecule has 2 aromatic rings. The van der Waals surface area contributed by atoms with Crippen LogP contribution in [-0.2, 0) is 16.4 Å². The molecule has 1 aliphatic heterocycles. The Morgan fingerprint density at radius 3 is 2.17 bits per heavy atom. The average molecular weight is 330 g/mol. The van der Waals surface area contributed by atoms with Crippen molar-refractivity contribution in [2.24, 2.45) is 5.92 Å². The van der Waals surface area contributed by atoms with Gasteiger partial charge in [-0.2, -0.15) is 4.31 Å². The van der Waals surface area contributed by atoms with Gasteiger partial charge in [-0.3, -0.25) is 0 Å². The van der Waals surface area contributed by atoms with Crippen molar-refractivity contribution in [3.05, 3.63) is 60.2 Å². The molecule has 0 unspecified atom stereocenters. The zero-order valence-corrected chi connectivity index (χ0v) is 13.9. The van der Waals surface area contributed by atoms with Crippen LogP contribution in [0.1, 0.15) is 18.4 Å². The van der Waals surface area contributed by atoms with Crippen LogP contribution in [0.2, 0.25) is 0 Å². The zero-order valence-electron chi connectivity index (χ0n) is 13.1. The molecule has 1 heterocycles. The van der Waals surface area contributed by atoms with Gasteiger partial charge in [0.25, 0.3) is 0 Å². The summed E-state index contributed by atoms with van der Waals surface area (Å²) in [6.07, 6.45) is 2.78. The molecule has 0 aromatic heterocycles. The molecule has 0 amide bonds. The summed E-state index contributed by atoms with van der Waals surface area (Å²) < 4.78 is 26.8. The van der Waals surface area contributed by atoms with Crippen LogP contribution in [0.15, 0.2) is 59.5 Å². The van der Waals surface area contributed by atoms with Crippen LogP contribution in [0.3, 0.4) is 0 Å². The van der Waals surface area contributed by atoms with Crippen LogP contribution in [0.25, 0.3) is 0 Å². The Hall–Kier alpha value is -1.85. The minimum Gasteiger partial charge on any atom is -0.399 e. The molecule has 0 atom stereocenters. The first kappa shape index (κ1) is 16.0. The van der Waals surface area contributed by atoms with Crippen LogP contribution in [-0.4, -0.2) is 25.8 Å². The number of anilines is 1. The Morgan fingerprint density at radius 2 is 1.57 bits per heavy atom. The third-order valence-electron chi connectivity index (χ3n) is 4.46. The number of hydrogen-bond donors (Lipinski definition) is 1. The molecule has 23 heavy (non-hydrogen) atoms. The van der Waals surface area contributed by atoms with E-state index in [1.807, 2.05) is 18.2 Å². The number of benzene rings is 2. The highest BCUT2D eigenvalue weighted by molar-refractivity contribution is 7.89. The molecule has 0 bridgehead atoms. The molecule has 5 heteroatoms. The van der Waals surface area contributed by atoms with Gasteiger partial charge in [0.05, 0.1) is 4.90 Å². The maximum Gasteiger partial charge on any atom is 0.243 e. The van der Waals surface area contributed by atoms with E-state index in [2.05, 4.69) is 12.1 Å². The van der Waals surface area contributed by atoms with E-state index in [1.165, 1.54) is 5.56 Å². The summed E-state index contributed by atoms with van der Waals surface area (Å²) in [5.74, 6) is 0.529. The van der Waals surface area contributed by atoms with Crippen LogP contribution < -0.4 is 5.73 Å². The Balaban J connectivity index is 1.61. The third kappa shape index (κ3) is 3.74. The Bertz CT molecular complexity index is 734. The molecule has 0 spiro atoms. The largest absolute Gasteiger partial charge is 0.399 e. The number of hydrogen-bond acceptors (Lipinski definition) is 3. The zero-order chi connectivity index (χ0) is 16.3.